The largest absolute Gasteiger partial charge is 0.428 e. The molecule has 11 heavy (non-hydrogen) atoms. The van der Waals surface area contributed by atoms with E-state index >= 15 is 0 Å². The molecule has 0 aromatic carbocycles. The molecule has 0 aliphatic carbocycles. The van der Waals surface area contributed by atoms with Gasteiger partial charge in [0.2, 0.25) is 5.56 Å². The van der Waals surface area contributed by atoms with Gasteiger partial charge in [-0.15, -0.1) is 0 Å². The first-order valence-electron chi connectivity index (χ1n) is 2.08. The summed E-state index contributed by atoms with van der Waals surface area (Å²) in [5.41, 5.74) is -3.02. The number of rotatable bonds is 2. The lowest BCUT2D eigenvalue weighted by Crippen LogP contribution is -2.31. The molecule has 0 N–H and O–H groups in total. The second-order valence-corrected chi connectivity index (χ2v) is 2.74. The number of hydrogen-bond donors (Lipinski definition) is 0. The van der Waals surface area contributed by atoms with Crippen LogP contribution in [0.4, 0.5) is 22.0 Å². The third-order valence-corrected chi connectivity index (χ3v) is 1.02. The van der Waals surface area contributed by atoms with Crippen LogP contribution in [0.3, 0.4) is 0 Å². The molecule has 0 bridgehead atoms. The Balaban J connectivity index is 3.99. The van der Waals surface area contributed by atoms with Crippen LogP contribution < -0.4 is 0 Å². The van der Waals surface area contributed by atoms with E-state index in [4.69, 9.17) is 0 Å². The van der Waals surface area contributed by atoms with Crippen LogP contribution in [0.5, 0.6) is 0 Å². The summed E-state index contributed by atoms with van der Waals surface area (Å²) in [7, 11) is 0. The second kappa shape index (κ2) is 3.40. The molecule has 0 aromatic rings. The highest BCUT2D eigenvalue weighted by molar-refractivity contribution is 9.09. The van der Waals surface area contributed by atoms with Crippen molar-refractivity contribution in [2.75, 3.05) is 0 Å². The molecular formula is C3HBrClF5O. The molecule has 1 unspecified atom stereocenters. The Morgan fingerprint density at radius 1 is 1.18 bits per heavy atom. The molecule has 0 radical (unpaired) electrons. The highest BCUT2D eigenvalue weighted by Crippen LogP contribution is 2.33. The summed E-state index contributed by atoms with van der Waals surface area (Å²) in [6.45, 7) is 0. The standard InChI is InChI=1S/C3HBrClF5O/c4-3(9,10)11-1(5)2(6,7)8/h1H. The predicted molar refractivity (Wildman–Crippen MR) is 30.7 cm³/mol. The van der Waals surface area contributed by atoms with Crippen LogP contribution >= 0.6 is 27.5 Å². The van der Waals surface area contributed by atoms with Crippen molar-refractivity contribution in [1.82, 2.24) is 0 Å². The van der Waals surface area contributed by atoms with Gasteiger partial charge >= 0.3 is 11.2 Å². The van der Waals surface area contributed by atoms with Gasteiger partial charge in [0.15, 0.2) is 0 Å². The summed E-state index contributed by atoms with van der Waals surface area (Å²) >= 11 is 5.92. The molecule has 0 aromatic heterocycles. The molecule has 0 saturated carbocycles. The van der Waals surface area contributed by atoms with Gasteiger partial charge in [-0.05, 0) is 0 Å². The topological polar surface area (TPSA) is 9.23 Å². The summed E-state index contributed by atoms with van der Waals surface area (Å²) in [5.74, 6) is 0. The molecule has 0 saturated heterocycles. The van der Waals surface area contributed by atoms with Gasteiger partial charge in [0.25, 0.3) is 0 Å². The van der Waals surface area contributed by atoms with Gasteiger partial charge in [0.05, 0.1) is 0 Å². The monoisotopic (exact) mass is 262 g/mol. The van der Waals surface area contributed by atoms with Gasteiger partial charge in [0, 0.05) is 15.9 Å². The Morgan fingerprint density at radius 2 is 1.55 bits per heavy atom. The molecule has 68 valence electrons. The van der Waals surface area contributed by atoms with Crippen molar-refractivity contribution >= 4 is 27.5 Å². The van der Waals surface area contributed by atoms with Gasteiger partial charge in [-0.25, -0.2) is 0 Å². The van der Waals surface area contributed by atoms with Crippen LogP contribution in [0, 0.1) is 0 Å². The molecule has 8 heteroatoms. The molecule has 0 aliphatic heterocycles. The minimum absolute atomic E-state index is 1.53. The lowest BCUT2D eigenvalue weighted by atomic mass is 10.7. The lowest BCUT2D eigenvalue weighted by molar-refractivity contribution is -0.258. The van der Waals surface area contributed by atoms with E-state index in [1.165, 1.54) is 15.9 Å². The van der Waals surface area contributed by atoms with Crippen LogP contribution in [0.2, 0.25) is 0 Å². The van der Waals surface area contributed by atoms with E-state index in [0.29, 0.717) is 0 Å². The molecule has 0 heterocycles. The minimum atomic E-state index is -5.00. The molecule has 1 atom stereocenters. The molecule has 0 rings (SSSR count). The number of hydrogen-bond acceptors (Lipinski definition) is 1. The number of alkyl halides is 7. The van der Waals surface area contributed by atoms with Crippen molar-refractivity contribution in [2.24, 2.45) is 0 Å². The maximum atomic E-state index is 11.6. The molecule has 0 fully saturated rings. The third-order valence-electron chi connectivity index (χ3n) is 0.494. The first-order valence-corrected chi connectivity index (χ1v) is 3.31. The minimum Gasteiger partial charge on any atom is -0.282 e. The zero-order chi connectivity index (χ0) is 9.28. The van der Waals surface area contributed by atoms with E-state index in [2.05, 4.69) is 16.3 Å². The van der Waals surface area contributed by atoms with Crippen molar-refractivity contribution in [1.29, 1.82) is 0 Å². The highest BCUT2D eigenvalue weighted by Gasteiger charge is 2.45. The zero-order valence-electron chi connectivity index (χ0n) is 4.63. The molecular weight excluding hydrogens is 262 g/mol. The Hall–Kier alpha value is 0.380. The van der Waals surface area contributed by atoms with Crippen molar-refractivity contribution in [3.05, 3.63) is 0 Å². The quantitative estimate of drug-likeness (QED) is 0.549. The van der Waals surface area contributed by atoms with E-state index in [1.807, 2.05) is 0 Å². The fourth-order valence-electron chi connectivity index (χ4n) is 0.184. The normalized spacial score (nSPS) is 16.6. The smallest absolute Gasteiger partial charge is 0.282 e. The molecule has 0 aliphatic rings. The van der Waals surface area contributed by atoms with Crippen LogP contribution in [0.15, 0.2) is 0 Å². The number of halogens is 7. The average molecular weight is 263 g/mol. The molecule has 1 nitrogen and oxygen atoms in total. The summed E-state index contributed by atoms with van der Waals surface area (Å²) in [4.78, 5) is 0. The first-order chi connectivity index (χ1) is 4.63. The predicted octanol–water partition coefficient (Wildman–Crippen LogP) is 3.08. The van der Waals surface area contributed by atoms with E-state index in [9.17, 15) is 22.0 Å². The summed E-state index contributed by atoms with van der Waals surface area (Å²) < 4.78 is 60.4. The fourth-order valence-corrected chi connectivity index (χ4v) is 0.591. The van der Waals surface area contributed by atoms with Gasteiger partial charge in [-0.2, -0.15) is 22.0 Å². The Bertz CT molecular complexity index is 131. The van der Waals surface area contributed by atoms with Gasteiger partial charge in [-0.1, -0.05) is 11.6 Å². The maximum Gasteiger partial charge on any atom is 0.428 e. The van der Waals surface area contributed by atoms with Crippen LogP contribution in [-0.2, 0) is 4.74 Å². The highest BCUT2D eigenvalue weighted by atomic mass is 79.9. The SMILES string of the molecule is FC(F)(Br)OC(Cl)C(F)(F)F. The lowest BCUT2D eigenvalue weighted by Gasteiger charge is -2.16. The van der Waals surface area contributed by atoms with Crippen molar-refractivity contribution in [3.8, 4) is 0 Å². The third kappa shape index (κ3) is 5.63. The zero-order valence-corrected chi connectivity index (χ0v) is 6.97. The van der Waals surface area contributed by atoms with Crippen LogP contribution in [0.25, 0.3) is 0 Å². The molecule has 0 spiro atoms. The summed E-state index contributed by atoms with van der Waals surface area (Å²) in [5, 5.41) is -4.06. The van der Waals surface area contributed by atoms with Gasteiger partial charge in [-0.3, -0.25) is 4.74 Å². The van der Waals surface area contributed by atoms with Gasteiger partial charge < -0.3 is 0 Å². The Labute approximate surface area is 71.6 Å². The fraction of sp³-hybridized carbons (Fsp3) is 1.00. The van der Waals surface area contributed by atoms with Crippen molar-refractivity contribution in [3.63, 3.8) is 0 Å². The van der Waals surface area contributed by atoms with E-state index < -0.39 is 16.8 Å². The number of ether oxygens (including phenoxy) is 1. The van der Waals surface area contributed by atoms with Crippen molar-refractivity contribution < 1.29 is 26.7 Å². The van der Waals surface area contributed by atoms with Crippen molar-refractivity contribution in [2.45, 2.75) is 16.8 Å². The summed E-state index contributed by atoms with van der Waals surface area (Å²) in [6, 6.07) is 0. The molecule has 0 amide bonds. The van der Waals surface area contributed by atoms with Crippen LogP contribution in [0.1, 0.15) is 0 Å². The van der Waals surface area contributed by atoms with E-state index in [-0.39, 0.29) is 0 Å². The van der Waals surface area contributed by atoms with Crippen LogP contribution in [-0.4, -0.2) is 16.8 Å². The Kier molecular flexibility index (Phi) is 3.52. The Morgan fingerprint density at radius 3 is 1.64 bits per heavy atom. The van der Waals surface area contributed by atoms with E-state index in [0.717, 1.165) is 0 Å². The van der Waals surface area contributed by atoms with E-state index in [1.54, 1.807) is 0 Å². The first kappa shape index (κ1) is 11.4. The summed E-state index contributed by atoms with van der Waals surface area (Å²) in [6.07, 6.45) is -5.00. The average Bonchev–Trinajstić information content (AvgIpc) is 1.56. The second-order valence-electron chi connectivity index (χ2n) is 1.42. The van der Waals surface area contributed by atoms with Gasteiger partial charge in [0.1, 0.15) is 0 Å². The maximum absolute atomic E-state index is 11.6.